The molecule has 0 aromatic heterocycles. The van der Waals surface area contributed by atoms with Gasteiger partial charge in [-0.2, -0.15) is 0 Å². The molecule has 1 unspecified atom stereocenters. The van der Waals surface area contributed by atoms with Crippen molar-refractivity contribution in [2.24, 2.45) is 0 Å². The van der Waals surface area contributed by atoms with Gasteiger partial charge in [0.05, 0.1) is 19.3 Å². The smallest absolute Gasteiger partial charge is 0.0674 e. The Kier molecular flexibility index (Phi) is 8.40. The minimum Gasteiger partial charge on any atom is -0.383 e. The van der Waals surface area contributed by atoms with Crippen LogP contribution in [0, 0.1) is 0 Å². The van der Waals surface area contributed by atoms with Crippen molar-refractivity contribution in [3.05, 3.63) is 0 Å². The van der Waals surface area contributed by atoms with Crippen molar-refractivity contribution in [1.82, 2.24) is 4.90 Å². The van der Waals surface area contributed by atoms with Gasteiger partial charge < -0.3 is 9.47 Å². The minimum atomic E-state index is 0.389. The molecular weight excluding hydrogens is 166 g/mol. The maximum atomic E-state index is 5.41. The molecule has 3 heteroatoms. The van der Waals surface area contributed by atoms with E-state index in [1.165, 1.54) is 0 Å². The first-order chi connectivity index (χ1) is 6.33. The molecule has 0 N–H and O–H groups in total. The molecule has 0 saturated carbocycles. The van der Waals surface area contributed by atoms with Gasteiger partial charge in [-0.15, -0.1) is 0 Å². The van der Waals surface area contributed by atoms with Crippen LogP contribution in [0.5, 0.6) is 0 Å². The quantitative estimate of drug-likeness (QED) is 0.669. The van der Waals surface area contributed by atoms with Crippen LogP contribution in [0.2, 0.25) is 0 Å². The van der Waals surface area contributed by atoms with Gasteiger partial charge in [0.25, 0.3) is 0 Å². The average Bonchev–Trinajstić information content (AvgIpc) is 2.18. The van der Waals surface area contributed by atoms with E-state index in [-0.39, 0.29) is 0 Å². The fourth-order valence-electron chi connectivity index (χ4n) is 1.31. The zero-order valence-corrected chi connectivity index (χ0v) is 9.38. The average molecular weight is 189 g/mol. The molecule has 1 heterocycles. The summed E-state index contributed by atoms with van der Waals surface area (Å²) < 4.78 is 10.4. The standard InChI is InChI=1S/C8H17NO2.C2H6/c1-8-7-9(3-5-10-2)4-6-11-8;1-2/h8H,3-7H2,1-2H3;1-2H3. The van der Waals surface area contributed by atoms with Crippen molar-refractivity contribution in [1.29, 1.82) is 0 Å². The Labute approximate surface area is 82.0 Å². The molecule has 0 aromatic rings. The molecule has 0 radical (unpaired) electrons. The van der Waals surface area contributed by atoms with Gasteiger partial charge in [0.1, 0.15) is 0 Å². The topological polar surface area (TPSA) is 21.7 Å². The highest BCUT2D eigenvalue weighted by molar-refractivity contribution is 4.66. The monoisotopic (exact) mass is 189 g/mol. The summed E-state index contributed by atoms with van der Waals surface area (Å²) in [6, 6.07) is 0. The van der Waals surface area contributed by atoms with Gasteiger partial charge in [-0.1, -0.05) is 13.8 Å². The molecule has 80 valence electrons. The third-order valence-electron chi connectivity index (χ3n) is 1.94. The van der Waals surface area contributed by atoms with E-state index >= 15 is 0 Å². The highest BCUT2D eigenvalue weighted by atomic mass is 16.5. The number of nitrogens with zero attached hydrogens (tertiary/aromatic N) is 1. The van der Waals surface area contributed by atoms with Crippen LogP contribution >= 0.6 is 0 Å². The van der Waals surface area contributed by atoms with E-state index in [4.69, 9.17) is 9.47 Å². The van der Waals surface area contributed by atoms with E-state index in [1.807, 2.05) is 13.8 Å². The van der Waals surface area contributed by atoms with Gasteiger partial charge >= 0.3 is 0 Å². The van der Waals surface area contributed by atoms with Gasteiger partial charge in [0, 0.05) is 26.7 Å². The Balaban J connectivity index is 0.000000671. The summed E-state index contributed by atoms with van der Waals surface area (Å²) in [7, 11) is 1.74. The Hall–Kier alpha value is -0.120. The second kappa shape index (κ2) is 8.48. The van der Waals surface area contributed by atoms with Crippen LogP contribution in [0.3, 0.4) is 0 Å². The van der Waals surface area contributed by atoms with E-state index in [0.717, 1.165) is 32.8 Å². The molecule has 0 spiro atoms. The fraction of sp³-hybridized carbons (Fsp3) is 1.00. The number of hydrogen-bond donors (Lipinski definition) is 0. The predicted octanol–water partition coefficient (Wildman–Crippen LogP) is 1.38. The molecule has 1 atom stereocenters. The maximum absolute atomic E-state index is 5.41. The van der Waals surface area contributed by atoms with Crippen LogP contribution in [0.25, 0.3) is 0 Å². The van der Waals surface area contributed by atoms with Crippen molar-refractivity contribution in [3.63, 3.8) is 0 Å². The minimum absolute atomic E-state index is 0.389. The molecule has 0 aliphatic carbocycles. The van der Waals surface area contributed by atoms with Crippen LogP contribution in [0.1, 0.15) is 20.8 Å². The lowest BCUT2D eigenvalue weighted by Gasteiger charge is -2.30. The first-order valence-electron chi connectivity index (χ1n) is 5.16. The molecule has 1 aliphatic heterocycles. The Morgan fingerprint density at radius 3 is 2.69 bits per heavy atom. The van der Waals surface area contributed by atoms with E-state index < -0.39 is 0 Å². The molecule has 1 aliphatic rings. The zero-order valence-electron chi connectivity index (χ0n) is 9.38. The van der Waals surface area contributed by atoms with Gasteiger partial charge in [-0.25, -0.2) is 0 Å². The highest BCUT2D eigenvalue weighted by Gasteiger charge is 2.15. The summed E-state index contributed by atoms with van der Waals surface area (Å²) in [6.45, 7) is 10.9. The molecule has 1 rings (SSSR count). The van der Waals surface area contributed by atoms with Gasteiger partial charge in [-0.05, 0) is 6.92 Å². The molecular formula is C10H23NO2. The molecule has 13 heavy (non-hydrogen) atoms. The van der Waals surface area contributed by atoms with E-state index in [1.54, 1.807) is 7.11 Å². The fourth-order valence-corrected chi connectivity index (χ4v) is 1.31. The van der Waals surface area contributed by atoms with E-state index in [9.17, 15) is 0 Å². The summed E-state index contributed by atoms with van der Waals surface area (Å²) in [5.74, 6) is 0. The Morgan fingerprint density at radius 2 is 2.15 bits per heavy atom. The van der Waals surface area contributed by atoms with Crippen molar-refractivity contribution >= 4 is 0 Å². The van der Waals surface area contributed by atoms with Gasteiger partial charge in [0.2, 0.25) is 0 Å². The number of methoxy groups -OCH3 is 1. The van der Waals surface area contributed by atoms with Crippen LogP contribution in [0.15, 0.2) is 0 Å². The SMILES string of the molecule is CC.COCCN1CCOC(C)C1. The summed E-state index contributed by atoms with van der Waals surface area (Å²) >= 11 is 0. The number of morpholine rings is 1. The molecule has 0 aromatic carbocycles. The normalized spacial score (nSPS) is 23.5. The lowest BCUT2D eigenvalue weighted by Crippen LogP contribution is -2.42. The predicted molar refractivity (Wildman–Crippen MR) is 55.1 cm³/mol. The third-order valence-corrected chi connectivity index (χ3v) is 1.94. The molecule has 3 nitrogen and oxygen atoms in total. The number of ether oxygens (including phenoxy) is 2. The highest BCUT2D eigenvalue weighted by Crippen LogP contribution is 2.02. The molecule has 0 bridgehead atoms. The van der Waals surface area contributed by atoms with Gasteiger partial charge in [0.15, 0.2) is 0 Å². The number of rotatable bonds is 3. The Bertz CT molecular complexity index is 109. The van der Waals surface area contributed by atoms with E-state index in [2.05, 4.69) is 11.8 Å². The lowest BCUT2D eigenvalue weighted by molar-refractivity contribution is -0.0244. The largest absolute Gasteiger partial charge is 0.383 e. The molecule has 0 amide bonds. The van der Waals surface area contributed by atoms with Crippen molar-refractivity contribution < 1.29 is 9.47 Å². The van der Waals surface area contributed by atoms with Crippen molar-refractivity contribution in [2.45, 2.75) is 26.9 Å². The maximum Gasteiger partial charge on any atom is 0.0674 e. The number of hydrogen-bond acceptors (Lipinski definition) is 3. The summed E-state index contributed by atoms with van der Waals surface area (Å²) in [5.41, 5.74) is 0. The van der Waals surface area contributed by atoms with Crippen LogP contribution in [-0.2, 0) is 9.47 Å². The third kappa shape index (κ3) is 6.02. The Morgan fingerprint density at radius 1 is 1.46 bits per heavy atom. The van der Waals surface area contributed by atoms with E-state index in [0.29, 0.717) is 6.10 Å². The van der Waals surface area contributed by atoms with Crippen LogP contribution < -0.4 is 0 Å². The van der Waals surface area contributed by atoms with Gasteiger partial charge in [-0.3, -0.25) is 4.90 Å². The second-order valence-electron chi connectivity index (χ2n) is 2.97. The second-order valence-corrected chi connectivity index (χ2v) is 2.97. The van der Waals surface area contributed by atoms with Crippen molar-refractivity contribution in [2.75, 3.05) is 40.0 Å². The summed E-state index contributed by atoms with van der Waals surface area (Å²) in [5, 5.41) is 0. The van der Waals surface area contributed by atoms with Crippen LogP contribution in [-0.4, -0.2) is 51.0 Å². The van der Waals surface area contributed by atoms with Crippen LogP contribution in [0.4, 0.5) is 0 Å². The summed E-state index contributed by atoms with van der Waals surface area (Å²) in [4.78, 5) is 2.37. The molecule has 1 saturated heterocycles. The first-order valence-corrected chi connectivity index (χ1v) is 5.16. The first kappa shape index (κ1) is 12.9. The molecule has 1 fully saturated rings. The lowest BCUT2D eigenvalue weighted by atomic mass is 10.3. The summed E-state index contributed by atoms with van der Waals surface area (Å²) in [6.07, 6.45) is 0.389. The van der Waals surface area contributed by atoms with Crippen molar-refractivity contribution in [3.8, 4) is 0 Å². The zero-order chi connectivity index (χ0) is 10.1.